The first-order valence-corrected chi connectivity index (χ1v) is 12.5. The number of thiazole rings is 1. The third-order valence-electron chi connectivity index (χ3n) is 5.58. The molecule has 9 heteroatoms. The van der Waals surface area contributed by atoms with Crippen molar-refractivity contribution < 1.29 is 19.0 Å². The molecule has 1 aromatic heterocycles. The van der Waals surface area contributed by atoms with E-state index < -0.39 is 12.0 Å². The standard InChI is InChI=1S/C27H25ClN2O5S/c1-5-14-35-24-17(10-9-13-20(24)33-4)15-21-25(31)30-23(18-11-7-8-12-19(18)28)22(26(32)34-6-2)16(3)29-27(30)36-21/h5,7-13,15,23H,1,6,14H2,2-4H3/b21-15-/t23-/m0/s1. The molecule has 36 heavy (non-hydrogen) atoms. The third-order valence-corrected chi connectivity index (χ3v) is 6.91. The first kappa shape index (κ1) is 25.5. The second-order valence-corrected chi connectivity index (χ2v) is 9.22. The Balaban J connectivity index is 1.97. The highest BCUT2D eigenvalue weighted by atomic mass is 35.5. The van der Waals surface area contributed by atoms with Crippen molar-refractivity contribution in [2.24, 2.45) is 4.99 Å². The Morgan fingerprint density at radius 3 is 2.72 bits per heavy atom. The first-order chi connectivity index (χ1) is 17.4. The number of rotatable bonds is 8. The normalized spacial score (nSPS) is 15.2. The monoisotopic (exact) mass is 524 g/mol. The number of allylic oxidation sites excluding steroid dienone is 1. The number of benzene rings is 2. The molecule has 2 aromatic carbocycles. The molecular formula is C27H25ClN2O5S. The van der Waals surface area contributed by atoms with Gasteiger partial charge in [0.15, 0.2) is 16.3 Å². The molecule has 0 saturated carbocycles. The van der Waals surface area contributed by atoms with Crippen LogP contribution in [0.5, 0.6) is 11.5 Å². The summed E-state index contributed by atoms with van der Waals surface area (Å²) in [6, 6.07) is 11.8. The van der Waals surface area contributed by atoms with Crippen LogP contribution >= 0.6 is 22.9 Å². The van der Waals surface area contributed by atoms with E-state index in [4.69, 9.17) is 25.8 Å². The van der Waals surface area contributed by atoms with Crippen LogP contribution in [0.15, 0.2) is 76.2 Å². The van der Waals surface area contributed by atoms with Crippen LogP contribution in [0.2, 0.25) is 5.02 Å². The van der Waals surface area contributed by atoms with Crippen molar-refractivity contribution in [1.29, 1.82) is 0 Å². The van der Waals surface area contributed by atoms with Crippen LogP contribution < -0.4 is 24.4 Å². The summed E-state index contributed by atoms with van der Waals surface area (Å²) in [5, 5.41) is 0.432. The fraction of sp³-hybridized carbons (Fsp3) is 0.222. The maximum Gasteiger partial charge on any atom is 0.338 e. The minimum Gasteiger partial charge on any atom is -0.493 e. The lowest BCUT2D eigenvalue weighted by molar-refractivity contribution is -0.139. The summed E-state index contributed by atoms with van der Waals surface area (Å²) in [5.41, 5.74) is 1.72. The zero-order valence-electron chi connectivity index (χ0n) is 20.1. The first-order valence-electron chi connectivity index (χ1n) is 11.3. The highest BCUT2D eigenvalue weighted by molar-refractivity contribution is 7.07. The Hall–Kier alpha value is -3.62. The number of aromatic nitrogens is 1. The molecule has 0 saturated heterocycles. The molecule has 0 bridgehead atoms. The van der Waals surface area contributed by atoms with Gasteiger partial charge in [0.25, 0.3) is 5.56 Å². The Bertz CT molecular complexity index is 1540. The molecule has 3 aromatic rings. The van der Waals surface area contributed by atoms with Crippen LogP contribution in [0.1, 0.15) is 31.0 Å². The van der Waals surface area contributed by atoms with Gasteiger partial charge >= 0.3 is 5.97 Å². The topological polar surface area (TPSA) is 79.1 Å². The molecule has 1 aliphatic rings. The van der Waals surface area contributed by atoms with E-state index in [-0.39, 0.29) is 24.3 Å². The number of carbonyl (C=O) groups is 1. The van der Waals surface area contributed by atoms with Crippen LogP contribution in [0.3, 0.4) is 0 Å². The summed E-state index contributed by atoms with van der Waals surface area (Å²) >= 11 is 7.77. The second-order valence-electron chi connectivity index (χ2n) is 7.80. The van der Waals surface area contributed by atoms with Crippen molar-refractivity contribution in [3.05, 3.63) is 102 Å². The fourth-order valence-corrected chi connectivity index (χ4v) is 5.30. The fourth-order valence-electron chi connectivity index (χ4n) is 4.03. The highest BCUT2D eigenvalue weighted by Crippen LogP contribution is 2.35. The Labute approximate surface area is 217 Å². The van der Waals surface area contributed by atoms with Crippen LogP contribution in [0.25, 0.3) is 6.08 Å². The number of hydrogen-bond acceptors (Lipinski definition) is 7. The maximum absolute atomic E-state index is 13.8. The molecule has 0 amide bonds. The maximum atomic E-state index is 13.8. The van der Waals surface area contributed by atoms with Crippen LogP contribution in [-0.2, 0) is 9.53 Å². The number of para-hydroxylation sites is 1. The van der Waals surface area contributed by atoms with E-state index in [9.17, 15) is 9.59 Å². The van der Waals surface area contributed by atoms with Gasteiger partial charge < -0.3 is 14.2 Å². The molecule has 0 fully saturated rings. The molecule has 7 nitrogen and oxygen atoms in total. The van der Waals surface area contributed by atoms with Crippen LogP contribution in [0.4, 0.5) is 0 Å². The van der Waals surface area contributed by atoms with Crippen molar-refractivity contribution in [2.75, 3.05) is 20.3 Å². The van der Waals surface area contributed by atoms with Gasteiger partial charge in [0.1, 0.15) is 12.6 Å². The number of halogens is 1. The summed E-state index contributed by atoms with van der Waals surface area (Å²) in [4.78, 5) is 31.8. The van der Waals surface area contributed by atoms with Crippen LogP contribution in [-0.4, -0.2) is 30.9 Å². The van der Waals surface area contributed by atoms with E-state index in [1.807, 2.05) is 18.2 Å². The average molecular weight is 525 g/mol. The lowest BCUT2D eigenvalue weighted by Crippen LogP contribution is -2.40. The molecule has 2 heterocycles. The smallest absolute Gasteiger partial charge is 0.338 e. The molecule has 0 aliphatic carbocycles. The molecular weight excluding hydrogens is 500 g/mol. The number of ether oxygens (including phenoxy) is 3. The molecule has 4 rings (SSSR count). The number of methoxy groups -OCH3 is 1. The van der Waals surface area contributed by atoms with E-state index in [1.54, 1.807) is 57.4 Å². The van der Waals surface area contributed by atoms with Crippen molar-refractivity contribution >= 4 is 35.0 Å². The molecule has 0 radical (unpaired) electrons. The van der Waals surface area contributed by atoms with Crippen LogP contribution in [0, 0.1) is 0 Å². The summed E-state index contributed by atoms with van der Waals surface area (Å²) in [6.45, 7) is 7.63. The minimum absolute atomic E-state index is 0.193. The van der Waals surface area contributed by atoms with Gasteiger partial charge in [-0.05, 0) is 37.6 Å². The molecule has 0 unspecified atom stereocenters. The molecule has 186 valence electrons. The van der Waals surface area contributed by atoms with Gasteiger partial charge in [-0.3, -0.25) is 9.36 Å². The van der Waals surface area contributed by atoms with Crippen molar-refractivity contribution in [3.63, 3.8) is 0 Å². The van der Waals surface area contributed by atoms with Gasteiger partial charge in [-0.15, -0.1) is 0 Å². The molecule has 1 atom stereocenters. The summed E-state index contributed by atoms with van der Waals surface area (Å²) in [6.07, 6.45) is 3.37. The van der Waals surface area contributed by atoms with Gasteiger partial charge in [-0.2, -0.15) is 0 Å². The zero-order valence-corrected chi connectivity index (χ0v) is 21.7. The lowest BCUT2D eigenvalue weighted by Gasteiger charge is -2.25. The number of nitrogens with zero attached hydrogens (tertiary/aromatic N) is 2. The predicted molar refractivity (Wildman–Crippen MR) is 141 cm³/mol. The predicted octanol–water partition coefficient (Wildman–Crippen LogP) is 4.03. The molecule has 1 aliphatic heterocycles. The van der Waals surface area contributed by atoms with Gasteiger partial charge in [-0.25, -0.2) is 9.79 Å². The van der Waals surface area contributed by atoms with Gasteiger partial charge in [0.2, 0.25) is 0 Å². The Kier molecular flexibility index (Phi) is 7.76. The van der Waals surface area contributed by atoms with Gasteiger partial charge in [-0.1, -0.05) is 65.9 Å². The van der Waals surface area contributed by atoms with E-state index in [1.165, 1.54) is 15.9 Å². The molecule has 0 spiro atoms. The Morgan fingerprint density at radius 2 is 2.03 bits per heavy atom. The van der Waals surface area contributed by atoms with E-state index in [0.29, 0.717) is 42.7 Å². The largest absolute Gasteiger partial charge is 0.493 e. The second kappa shape index (κ2) is 11.0. The number of esters is 1. The zero-order chi connectivity index (χ0) is 25.8. The third kappa shape index (κ3) is 4.74. The average Bonchev–Trinajstić information content (AvgIpc) is 3.17. The summed E-state index contributed by atoms with van der Waals surface area (Å²) < 4.78 is 18.5. The Morgan fingerprint density at radius 1 is 1.25 bits per heavy atom. The lowest BCUT2D eigenvalue weighted by atomic mass is 9.96. The quantitative estimate of drug-likeness (QED) is 0.328. The summed E-state index contributed by atoms with van der Waals surface area (Å²) in [7, 11) is 1.55. The van der Waals surface area contributed by atoms with Gasteiger partial charge in [0, 0.05) is 10.6 Å². The molecule has 0 N–H and O–H groups in total. The summed E-state index contributed by atoms with van der Waals surface area (Å²) in [5.74, 6) is 0.496. The SMILES string of the molecule is C=CCOc1c(/C=c2\sc3n(c2=O)[C@@H](c2ccccc2Cl)C(C(=O)OCC)=C(C)N=3)cccc1OC. The number of fused-ring (bicyclic) bond motifs is 1. The van der Waals surface area contributed by atoms with Crippen molar-refractivity contribution in [2.45, 2.75) is 19.9 Å². The van der Waals surface area contributed by atoms with Crippen molar-refractivity contribution in [3.8, 4) is 11.5 Å². The van der Waals surface area contributed by atoms with Gasteiger partial charge in [0.05, 0.1) is 29.5 Å². The number of carbonyl (C=O) groups excluding carboxylic acids is 1. The van der Waals surface area contributed by atoms with E-state index in [2.05, 4.69) is 11.6 Å². The highest BCUT2D eigenvalue weighted by Gasteiger charge is 2.34. The van der Waals surface area contributed by atoms with E-state index >= 15 is 0 Å². The van der Waals surface area contributed by atoms with Crippen molar-refractivity contribution in [1.82, 2.24) is 4.57 Å². The minimum atomic E-state index is -0.780. The van der Waals surface area contributed by atoms with E-state index in [0.717, 1.165) is 0 Å². The number of hydrogen-bond donors (Lipinski definition) is 0.